The molecule has 0 saturated carbocycles. The fourth-order valence-electron chi connectivity index (χ4n) is 2.86. The summed E-state index contributed by atoms with van der Waals surface area (Å²) in [5, 5.41) is 5.33. The Bertz CT molecular complexity index is 890. The standard InChI is InChI=1S/C21H23N3O4/c1-21(2,3)18-19(26)24(20(27)23-18)13-17(25)22-14-8-7-11-16(12-14)28-15-9-5-4-6-10-15/h4-12,18H,13H2,1-3H3,(H,22,25)(H,23,27). The molecule has 1 saturated heterocycles. The van der Waals surface area contributed by atoms with Crippen LogP contribution < -0.4 is 15.4 Å². The Balaban J connectivity index is 1.63. The van der Waals surface area contributed by atoms with E-state index in [4.69, 9.17) is 4.74 Å². The SMILES string of the molecule is CC(C)(C)C1NC(=O)N(CC(=O)Nc2cccc(Oc3ccccc3)c2)C1=O. The molecule has 0 spiro atoms. The van der Waals surface area contributed by atoms with E-state index in [9.17, 15) is 14.4 Å². The maximum absolute atomic E-state index is 12.5. The molecule has 7 heteroatoms. The number of hydrogen-bond donors (Lipinski definition) is 2. The molecule has 4 amide bonds. The van der Waals surface area contributed by atoms with Gasteiger partial charge in [-0.2, -0.15) is 0 Å². The third-order valence-corrected chi connectivity index (χ3v) is 4.29. The van der Waals surface area contributed by atoms with Crippen LogP contribution in [-0.2, 0) is 9.59 Å². The van der Waals surface area contributed by atoms with Gasteiger partial charge in [0.1, 0.15) is 24.1 Å². The van der Waals surface area contributed by atoms with Gasteiger partial charge in [0.15, 0.2) is 0 Å². The highest BCUT2D eigenvalue weighted by Crippen LogP contribution is 2.26. The van der Waals surface area contributed by atoms with Crippen molar-refractivity contribution in [3.63, 3.8) is 0 Å². The van der Waals surface area contributed by atoms with Gasteiger partial charge < -0.3 is 15.4 Å². The lowest BCUT2D eigenvalue weighted by Crippen LogP contribution is -2.42. The van der Waals surface area contributed by atoms with Gasteiger partial charge in [-0.25, -0.2) is 4.79 Å². The van der Waals surface area contributed by atoms with E-state index in [1.165, 1.54) is 0 Å². The lowest BCUT2D eigenvalue weighted by atomic mass is 9.87. The van der Waals surface area contributed by atoms with E-state index in [1.54, 1.807) is 24.3 Å². The smallest absolute Gasteiger partial charge is 0.325 e. The van der Waals surface area contributed by atoms with E-state index in [-0.39, 0.29) is 6.54 Å². The maximum atomic E-state index is 12.5. The zero-order valence-corrected chi connectivity index (χ0v) is 16.1. The number of rotatable bonds is 5. The number of ether oxygens (including phenoxy) is 1. The fraction of sp³-hybridized carbons (Fsp3) is 0.286. The third kappa shape index (κ3) is 4.49. The summed E-state index contributed by atoms with van der Waals surface area (Å²) in [6.07, 6.45) is 0. The minimum absolute atomic E-state index is 0.346. The molecular formula is C21H23N3O4. The highest BCUT2D eigenvalue weighted by atomic mass is 16.5. The van der Waals surface area contributed by atoms with E-state index in [2.05, 4.69) is 10.6 Å². The molecule has 0 radical (unpaired) electrons. The van der Waals surface area contributed by atoms with Crippen molar-refractivity contribution < 1.29 is 19.1 Å². The van der Waals surface area contributed by atoms with Crippen molar-refractivity contribution in [1.29, 1.82) is 0 Å². The maximum Gasteiger partial charge on any atom is 0.325 e. The van der Waals surface area contributed by atoms with Gasteiger partial charge in [0.05, 0.1) is 0 Å². The van der Waals surface area contributed by atoms with Gasteiger partial charge in [-0.3, -0.25) is 14.5 Å². The van der Waals surface area contributed by atoms with Gasteiger partial charge in [-0.05, 0) is 29.7 Å². The number of nitrogens with one attached hydrogen (secondary N) is 2. The number of benzene rings is 2. The van der Waals surface area contributed by atoms with Crippen molar-refractivity contribution >= 4 is 23.5 Å². The van der Waals surface area contributed by atoms with Crippen molar-refractivity contribution in [2.24, 2.45) is 5.41 Å². The summed E-state index contributed by atoms with van der Waals surface area (Å²) in [6.45, 7) is 5.23. The second kappa shape index (κ2) is 7.72. The molecule has 0 aromatic heterocycles. The molecule has 0 bridgehead atoms. The highest BCUT2D eigenvalue weighted by molar-refractivity contribution is 6.08. The Hall–Kier alpha value is -3.35. The van der Waals surface area contributed by atoms with E-state index < -0.39 is 29.3 Å². The Morgan fingerprint density at radius 1 is 1.07 bits per heavy atom. The minimum atomic E-state index is -0.643. The van der Waals surface area contributed by atoms with Crippen molar-refractivity contribution in [2.75, 3.05) is 11.9 Å². The minimum Gasteiger partial charge on any atom is -0.457 e. The Morgan fingerprint density at radius 3 is 2.39 bits per heavy atom. The van der Waals surface area contributed by atoms with Crippen molar-refractivity contribution in [2.45, 2.75) is 26.8 Å². The molecule has 1 fully saturated rings. The first-order chi connectivity index (χ1) is 13.2. The number of carbonyl (C=O) groups is 3. The number of amides is 4. The summed E-state index contributed by atoms with van der Waals surface area (Å²) in [5.74, 6) is 0.383. The molecule has 28 heavy (non-hydrogen) atoms. The first kappa shape index (κ1) is 19.4. The second-order valence-corrected chi connectivity index (χ2v) is 7.66. The van der Waals surface area contributed by atoms with Crippen LogP contribution in [0.1, 0.15) is 20.8 Å². The predicted molar refractivity (Wildman–Crippen MR) is 105 cm³/mol. The molecule has 1 aliphatic heterocycles. The average molecular weight is 381 g/mol. The summed E-state index contributed by atoms with van der Waals surface area (Å²) in [4.78, 5) is 37.8. The molecule has 2 aromatic rings. The quantitative estimate of drug-likeness (QED) is 0.777. The molecular weight excluding hydrogens is 358 g/mol. The molecule has 1 aliphatic rings. The van der Waals surface area contributed by atoms with E-state index >= 15 is 0 Å². The first-order valence-electron chi connectivity index (χ1n) is 8.99. The van der Waals surface area contributed by atoms with Crippen LogP contribution in [0.5, 0.6) is 11.5 Å². The summed E-state index contributed by atoms with van der Waals surface area (Å²) < 4.78 is 5.74. The molecule has 2 aromatic carbocycles. The molecule has 7 nitrogen and oxygen atoms in total. The summed E-state index contributed by atoms with van der Waals surface area (Å²) in [6, 6.07) is 15.0. The lowest BCUT2D eigenvalue weighted by Gasteiger charge is -2.24. The zero-order chi connectivity index (χ0) is 20.3. The number of nitrogens with zero attached hydrogens (tertiary/aromatic N) is 1. The van der Waals surface area contributed by atoms with Crippen molar-refractivity contribution in [1.82, 2.24) is 10.2 Å². The third-order valence-electron chi connectivity index (χ3n) is 4.29. The summed E-state index contributed by atoms with van der Waals surface area (Å²) in [7, 11) is 0. The number of para-hydroxylation sites is 1. The molecule has 2 N–H and O–H groups in total. The monoisotopic (exact) mass is 381 g/mol. The number of anilines is 1. The van der Waals surface area contributed by atoms with E-state index in [0.717, 1.165) is 4.90 Å². The predicted octanol–water partition coefficient (Wildman–Crippen LogP) is 3.38. The summed E-state index contributed by atoms with van der Waals surface area (Å²) in [5.41, 5.74) is 0.0824. The molecule has 146 valence electrons. The number of urea groups is 1. The molecule has 1 atom stereocenters. The van der Waals surface area contributed by atoms with Gasteiger partial charge in [-0.15, -0.1) is 0 Å². The van der Waals surface area contributed by atoms with Gasteiger partial charge in [0.2, 0.25) is 5.91 Å². The number of imide groups is 1. The average Bonchev–Trinajstić information content (AvgIpc) is 2.91. The van der Waals surface area contributed by atoms with Crippen molar-refractivity contribution in [3.05, 3.63) is 54.6 Å². The van der Waals surface area contributed by atoms with Crippen LogP contribution in [0, 0.1) is 5.41 Å². The van der Waals surface area contributed by atoms with Crippen LogP contribution in [-0.4, -0.2) is 35.3 Å². The zero-order valence-electron chi connectivity index (χ0n) is 16.1. The first-order valence-corrected chi connectivity index (χ1v) is 8.99. The molecule has 1 heterocycles. The van der Waals surface area contributed by atoms with E-state index in [1.807, 2.05) is 51.1 Å². The largest absolute Gasteiger partial charge is 0.457 e. The highest BCUT2D eigenvalue weighted by Gasteiger charge is 2.44. The number of hydrogen-bond acceptors (Lipinski definition) is 4. The van der Waals surface area contributed by atoms with Crippen LogP contribution in [0.2, 0.25) is 0 Å². The van der Waals surface area contributed by atoms with Crippen LogP contribution in [0.25, 0.3) is 0 Å². The fourth-order valence-corrected chi connectivity index (χ4v) is 2.86. The normalized spacial score (nSPS) is 16.7. The number of carbonyl (C=O) groups excluding carboxylic acids is 3. The van der Waals surface area contributed by atoms with Gasteiger partial charge >= 0.3 is 6.03 Å². The molecule has 3 rings (SSSR count). The molecule has 0 aliphatic carbocycles. The summed E-state index contributed by atoms with van der Waals surface area (Å²) >= 11 is 0. The lowest BCUT2D eigenvalue weighted by molar-refractivity contribution is -0.132. The molecule has 1 unspecified atom stereocenters. The topological polar surface area (TPSA) is 87.7 Å². The Labute approximate surface area is 163 Å². The van der Waals surface area contributed by atoms with Crippen LogP contribution in [0.3, 0.4) is 0 Å². The van der Waals surface area contributed by atoms with Gasteiger partial charge in [0, 0.05) is 11.8 Å². The van der Waals surface area contributed by atoms with E-state index in [0.29, 0.717) is 17.2 Å². The Kier molecular flexibility index (Phi) is 5.35. The second-order valence-electron chi connectivity index (χ2n) is 7.66. The van der Waals surface area contributed by atoms with Crippen LogP contribution >= 0.6 is 0 Å². The van der Waals surface area contributed by atoms with Crippen LogP contribution in [0.4, 0.5) is 10.5 Å². The van der Waals surface area contributed by atoms with Crippen molar-refractivity contribution in [3.8, 4) is 11.5 Å². The van der Waals surface area contributed by atoms with Gasteiger partial charge in [0.25, 0.3) is 5.91 Å². The Morgan fingerprint density at radius 2 is 1.75 bits per heavy atom. The van der Waals surface area contributed by atoms with Crippen LogP contribution in [0.15, 0.2) is 54.6 Å². The van der Waals surface area contributed by atoms with Gasteiger partial charge in [-0.1, -0.05) is 45.0 Å².